The summed E-state index contributed by atoms with van der Waals surface area (Å²) >= 11 is 1.90. The molecular weight excluding hydrogens is 274 g/mol. The second-order valence-electron chi connectivity index (χ2n) is 5.15. The average Bonchev–Trinajstić information content (AvgIpc) is 2.53. The van der Waals surface area contributed by atoms with Gasteiger partial charge in [-0.1, -0.05) is 48.0 Å². The van der Waals surface area contributed by atoms with Crippen LogP contribution in [0, 0.1) is 6.92 Å². The number of anilines is 1. The van der Waals surface area contributed by atoms with Gasteiger partial charge in [-0.05, 0) is 42.0 Å². The summed E-state index contributed by atoms with van der Waals surface area (Å²) in [5.41, 5.74) is 2.49. The van der Waals surface area contributed by atoms with Crippen LogP contribution in [-0.4, -0.2) is 12.3 Å². The van der Waals surface area contributed by atoms with Crippen molar-refractivity contribution < 1.29 is 0 Å². The van der Waals surface area contributed by atoms with Crippen LogP contribution in [0.1, 0.15) is 5.56 Å². The van der Waals surface area contributed by atoms with Crippen molar-refractivity contribution in [3.05, 3.63) is 72.3 Å². The fourth-order valence-electron chi connectivity index (χ4n) is 2.29. The molecule has 0 spiro atoms. The predicted molar refractivity (Wildman–Crippen MR) is 94.3 cm³/mol. The molecule has 0 bridgehead atoms. The van der Waals surface area contributed by atoms with Crippen molar-refractivity contribution in [2.75, 3.05) is 17.6 Å². The number of nitrogens with one attached hydrogen (secondary N) is 1. The molecule has 3 aromatic rings. The molecule has 21 heavy (non-hydrogen) atoms. The highest BCUT2D eigenvalue weighted by Crippen LogP contribution is 2.23. The molecule has 0 fully saturated rings. The quantitative estimate of drug-likeness (QED) is 0.502. The van der Waals surface area contributed by atoms with Crippen LogP contribution in [0.25, 0.3) is 10.8 Å². The summed E-state index contributed by atoms with van der Waals surface area (Å²) in [6, 6.07) is 23.7. The molecule has 0 atom stereocenters. The van der Waals surface area contributed by atoms with Crippen LogP contribution in [0.3, 0.4) is 0 Å². The van der Waals surface area contributed by atoms with Crippen molar-refractivity contribution in [1.29, 1.82) is 0 Å². The Hall–Kier alpha value is -1.93. The van der Waals surface area contributed by atoms with Gasteiger partial charge in [0.05, 0.1) is 0 Å². The van der Waals surface area contributed by atoms with Gasteiger partial charge in [0.2, 0.25) is 0 Å². The summed E-state index contributed by atoms with van der Waals surface area (Å²) in [5, 5.41) is 6.08. The zero-order valence-electron chi connectivity index (χ0n) is 12.2. The highest BCUT2D eigenvalue weighted by molar-refractivity contribution is 7.99. The molecule has 3 aromatic carbocycles. The van der Waals surface area contributed by atoms with Crippen molar-refractivity contribution >= 4 is 28.2 Å². The van der Waals surface area contributed by atoms with Gasteiger partial charge in [0, 0.05) is 22.9 Å². The summed E-state index contributed by atoms with van der Waals surface area (Å²) < 4.78 is 0. The maximum absolute atomic E-state index is 3.46. The number of fused-ring (bicyclic) bond motifs is 1. The molecular formula is C19H19NS. The van der Waals surface area contributed by atoms with Crippen molar-refractivity contribution in [1.82, 2.24) is 0 Å². The molecule has 106 valence electrons. The van der Waals surface area contributed by atoms with Crippen LogP contribution in [0.5, 0.6) is 0 Å². The molecule has 0 heterocycles. The topological polar surface area (TPSA) is 12.0 Å². The van der Waals surface area contributed by atoms with Crippen molar-refractivity contribution in [3.63, 3.8) is 0 Å². The van der Waals surface area contributed by atoms with Gasteiger partial charge in [0.15, 0.2) is 0 Å². The number of hydrogen-bond acceptors (Lipinski definition) is 2. The van der Waals surface area contributed by atoms with Crippen LogP contribution >= 0.6 is 11.8 Å². The van der Waals surface area contributed by atoms with E-state index in [9.17, 15) is 0 Å². The third-order valence-electron chi connectivity index (χ3n) is 3.47. The van der Waals surface area contributed by atoms with Crippen LogP contribution in [-0.2, 0) is 0 Å². The first-order valence-corrected chi connectivity index (χ1v) is 8.22. The van der Waals surface area contributed by atoms with Gasteiger partial charge in [-0.3, -0.25) is 0 Å². The summed E-state index contributed by atoms with van der Waals surface area (Å²) in [6.07, 6.45) is 0. The Balaban J connectivity index is 1.53. The lowest BCUT2D eigenvalue weighted by molar-refractivity contribution is 1.22. The van der Waals surface area contributed by atoms with Gasteiger partial charge in [0.1, 0.15) is 0 Å². The monoisotopic (exact) mass is 293 g/mol. The third kappa shape index (κ3) is 3.79. The lowest BCUT2D eigenvalue weighted by atomic mass is 10.1. The summed E-state index contributed by atoms with van der Waals surface area (Å²) in [5.74, 6) is 1.06. The van der Waals surface area contributed by atoms with E-state index in [0.29, 0.717) is 0 Å². The normalized spacial score (nSPS) is 10.7. The standard InChI is InChI=1S/C19H19NS/c1-15-6-9-18(10-7-15)20-12-13-21-19-11-8-16-4-2-3-5-17(16)14-19/h2-11,14,20H,12-13H2,1H3. The maximum Gasteiger partial charge on any atom is 0.0340 e. The molecule has 3 rings (SSSR count). The number of rotatable bonds is 5. The van der Waals surface area contributed by atoms with E-state index in [1.165, 1.54) is 26.9 Å². The van der Waals surface area contributed by atoms with E-state index in [1.54, 1.807) is 0 Å². The first kappa shape index (κ1) is 14.0. The Morgan fingerprint density at radius 3 is 2.43 bits per heavy atom. The number of hydrogen-bond donors (Lipinski definition) is 1. The summed E-state index contributed by atoms with van der Waals surface area (Å²) in [6.45, 7) is 3.08. The molecule has 0 radical (unpaired) electrons. The van der Waals surface area contributed by atoms with Gasteiger partial charge < -0.3 is 5.32 Å². The highest BCUT2D eigenvalue weighted by Gasteiger charge is 1.97. The minimum atomic E-state index is 0.973. The van der Waals surface area contributed by atoms with Crippen molar-refractivity contribution in [2.24, 2.45) is 0 Å². The molecule has 0 amide bonds. The maximum atomic E-state index is 3.46. The number of benzene rings is 3. The van der Waals surface area contributed by atoms with Crippen molar-refractivity contribution in [2.45, 2.75) is 11.8 Å². The lowest BCUT2D eigenvalue weighted by Gasteiger charge is -2.07. The lowest BCUT2D eigenvalue weighted by Crippen LogP contribution is -2.03. The highest BCUT2D eigenvalue weighted by atomic mass is 32.2. The van der Waals surface area contributed by atoms with E-state index < -0.39 is 0 Å². The summed E-state index contributed by atoms with van der Waals surface area (Å²) in [4.78, 5) is 1.33. The van der Waals surface area contributed by atoms with E-state index in [1.807, 2.05) is 11.8 Å². The number of thioether (sulfide) groups is 1. The largest absolute Gasteiger partial charge is 0.384 e. The second-order valence-corrected chi connectivity index (χ2v) is 6.32. The van der Waals surface area contributed by atoms with E-state index in [-0.39, 0.29) is 0 Å². The molecule has 0 unspecified atom stereocenters. The molecule has 0 aliphatic carbocycles. The van der Waals surface area contributed by atoms with E-state index in [4.69, 9.17) is 0 Å². The second kappa shape index (κ2) is 6.68. The van der Waals surface area contributed by atoms with Gasteiger partial charge in [0.25, 0.3) is 0 Å². The van der Waals surface area contributed by atoms with E-state index in [2.05, 4.69) is 79.0 Å². The minimum absolute atomic E-state index is 0.973. The third-order valence-corrected chi connectivity index (χ3v) is 4.47. The summed E-state index contributed by atoms with van der Waals surface area (Å²) in [7, 11) is 0. The Morgan fingerprint density at radius 1 is 0.857 bits per heavy atom. The molecule has 1 nitrogen and oxygen atoms in total. The SMILES string of the molecule is Cc1ccc(NCCSc2ccc3ccccc3c2)cc1. The van der Waals surface area contributed by atoms with Crippen LogP contribution in [0.4, 0.5) is 5.69 Å². The van der Waals surface area contributed by atoms with Gasteiger partial charge in [-0.25, -0.2) is 0 Å². The fourth-order valence-corrected chi connectivity index (χ4v) is 3.11. The van der Waals surface area contributed by atoms with Gasteiger partial charge in [-0.2, -0.15) is 0 Å². The zero-order valence-corrected chi connectivity index (χ0v) is 13.0. The smallest absolute Gasteiger partial charge is 0.0340 e. The molecule has 0 aliphatic rings. The first-order valence-electron chi connectivity index (χ1n) is 7.23. The van der Waals surface area contributed by atoms with Gasteiger partial charge >= 0.3 is 0 Å². The first-order chi connectivity index (χ1) is 10.3. The van der Waals surface area contributed by atoms with Gasteiger partial charge in [-0.15, -0.1) is 11.8 Å². The van der Waals surface area contributed by atoms with Crippen LogP contribution in [0.15, 0.2) is 71.6 Å². The molecule has 0 aliphatic heterocycles. The Kier molecular flexibility index (Phi) is 4.46. The van der Waals surface area contributed by atoms with E-state index >= 15 is 0 Å². The minimum Gasteiger partial charge on any atom is -0.384 e. The fraction of sp³-hybridized carbons (Fsp3) is 0.158. The Labute approximate surface area is 130 Å². The number of aryl methyl sites for hydroxylation is 1. The molecule has 0 saturated carbocycles. The molecule has 1 N–H and O–H groups in total. The predicted octanol–water partition coefficient (Wildman–Crippen LogP) is 5.35. The van der Waals surface area contributed by atoms with Crippen LogP contribution < -0.4 is 5.32 Å². The molecule has 0 aromatic heterocycles. The molecule has 2 heteroatoms. The van der Waals surface area contributed by atoms with Crippen LogP contribution in [0.2, 0.25) is 0 Å². The van der Waals surface area contributed by atoms with Crippen molar-refractivity contribution in [3.8, 4) is 0 Å². The Bertz CT molecular complexity index is 719. The average molecular weight is 293 g/mol. The Morgan fingerprint density at radius 2 is 1.62 bits per heavy atom. The molecule has 0 saturated heterocycles. The van der Waals surface area contributed by atoms with E-state index in [0.717, 1.165) is 12.3 Å². The zero-order chi connectivity index (χ0) is 14.5.